The van der Waals surface area contributed by atoms with Crippen molar-refractivity contribution in [3.8, 4) is 0 Å². The van der Waals surface area contributed by atoms with Crippen molar-refractivity contribution in [2.24, 2.45) is 0 Å². The van der Waals surface area contributed by atoms with Gasteiger partial charge in [-0.2, -0.15) is 0 Å². The number of ether oxygens (including phenoxy) is 1. The Kier molecular flexibility index (Phi) is 3.94. The largest absolute Gasteiger partial charge is 0.378 e. The minimum Gasteiger partial charge on any atom is -0.378 e. The van der Waals surface area contributed by atoms with E-state index in [0.29, 0.717) is 11.5 Å². The van der Waals surface area contributed by atoms with Gasteiger partial charge in [0.1, 0.15) is 0 Å². The Morgan fingerprint density at radius 1 is 1.12 bits per heavy atom. The Morgan fingerprint density at radius 3 is 2.53 bits per heavy atom. The highest BCUT2D eigenvalue weighted by Gasteiger charge is 2.39. The molecule has 3 heterocycles. The van der Waals surface area contributed by atoms with Crippen LogP contribution in [0.5, 0.6) is 0 Å². The molecule has 0 aromatic carbocycles. The van der Waals surface area contributed by atoms with E-state index in [9.17, 15) is 0 Å². The van der Waals surface area contributed by atoms with Gasteiger partial charge in [-0.25, -0.2) is 0 Å². The summed E-state index contributed by atoms with van der Waals surface area (Å²) in [6.45, 7) is 2.27. The van der Waals surface area contributed by atoms with E-state index in [1.807, 2.05) is 0 Å². The molecule has 3 unspecified atom stereocenters. The monoisotopic (exact) mass is 257 g/mol. The summed E-state index contributed by atoms with van der Waals surface area (Å²) in [6.07, 6.45) is 10.9. The summed E-state index contributed by atoms with van der Waals surface area (Å²) < 4.78 is 5.69. The summed E-state index contributed by atoms with van der Waals surface area (Å²) in [5.74, 6) is 0. The van der Waals surface area contributed by atoms with Crippen molar-refractivity contribution in [1.82, 2.24) is 4.90 Å². The average Bonchev–Trinajstić information content (AvgIpc) is 2.88. The van der Waals surface area contributed by atoms with E-state index in [1.54, 1.807) is 0 Å². The van der Waals surface area contributed by atoms with Gasteiger partial charge >= 0.3 is 0 Å². The van der Waals surface area contributed by atoms with Gasteiger partial charge in [-0.1, -0.05) is 0 Å². The van der Waals surface area contributed by atoms with Crippen LogP contribution in [-0.2, 0) is 4.74 Å². The van der Waals surface area contributed by atoms with Crippen molar-refractivity contribution in [2.45, 2.75) is 74.9 Å². The van der Waals surface area contributed by atoms with E-state index in [0.717, 1.165) is 18.7 Å². The molecule has 3 fully saturated rings. The molecule has 0 saturated carbocycles. The zero-order chi connectivity index (χ0) is 11.7. The van der Waals surface area contributed by atoms with Crippen molar-refractivity contribution in [1.29, 1.82) is 0 Å². The first-order valence-electron chi connectivity index (χ1n) is 7.34. The number of fused-ring (bicyclic) bond motifs is 2. The minimum atomic E-state index is 0.446. The zero-order valence-electron chi connectivity index (χ0n) is 10.6. The van der Waals surface area contributed by atoms with E-state index < -0.39 is 0 Å². The van der Waals surface area contributed by atoms with Crippen LogP contribution in [0.3, 0.4) is 0 Å². The SMILES string of the molecule is ClC1CC2CCC(C1)N2CCCC1CCCO1. The number of hydrogen-bond acceptors (Lipinski definition) is 2. The highest BCUT2D eigenvalue weighted by molar-refractivity contribution is 6.20. The molecule has 2 bridgehead atoms. The fraction of sp³-hybridized carbons (Fsp3) is 1.00. The molecule has 98 valence electrons. The van der Waals surface area contributed by atoms with E-state index in [4.69, 9.17) is 16.3 Å². The third kappa shape index (κ3) is 2.80. The van der Waals surface area contributed by atoms with E-state index >= 15 is 0 Å². The van der Waals surface area contributed by atoms with Crippen LogP contribution in [0.1, 0.15) is 51.4 Å². The second kappa shape index (κ2) is 5.46. The molecule has 2 nitrogen and oxygen atoms in total. The van der Waals surface area contributed by atoms with Gasteiger partial charge in [-0.05, 0) is 57.9 Å². The maximum Gasteiger partial charge on any atom is 0.0576 e. The summed E-state index contributed by atoms with van der Waals surface area (Å²) in [5.41, 5.74) is 0. The lowest BCUT2D eigenvalue weighted by molar-refractivity contribution is 0.0898. The molecule has 3 saturated heterocycles. The second-order valence-corrected chi connectivity index (χ2v) is 6.59. The fourth-order valence-electron chi connectivity index (χ4n) is 3.95. The minimum absolute atomic E-state index is 0.446. The Bertz CT molecular complexity index is 241. The molecule has 3 aliphatic heterocycles. The predicted molar refractivity (Wildman–Crippen MR) is 70.6 cm³/mol. The molecular formula is C14H24ClNO. The van der Waals surface area contributed by atoms with Gasteiger partial charge in [-0.15, -0.1) is 11.6 Å². The molecule has 0 aromatic heterocycles. The van der Waals surface area contributed by atoms with Crippen LogP contribution in [0.2, 0.25) is 0 Å². The Balaban J connectivity index is 1.43. The third-order valence-electron chi connectivity index (χ3n) is 4.79. The van der Waals surface area contributed by atoms with Crippen LogP contribution in [0, 0.1) is 0 Å². The first-order chi connectivity index (χ1) is 8.33. The summed E-state index contributed by atoms with van der Waals surface area (Å²) in [7, 11) is 0. The maximum atomic E-state index is 6.30. The van der Waals surface area contributed by atoms with Crippen molar-refractivity contribution in [3.05, 3.63) is 0 Å². The first kappa shape index (κ1) is 12.3. The molecular weight excluding hydrogens is 234 g/mol. The Hall–Kier alpha value is 0.210. The van der Waals surface area contributed by atoms with Crippen molar-refractivity contribution >= 4 is 11.6 Å². The predicted octanol–water partition coefficient (Wildman–Crippen LogP) is 3.18. The van der Waals surface area contributed by atoms with Crippen LogP contribution >= 0.6 is 11.6 Å². The molecule has 3 heteroatoms. The average molecular weight is 258 g/mol. The summed E-state index contributed by atoms with van der Waals surface area (Å²) in [6, 6.07) is 1.58. The Labute approximate surface area is 110 Å². The van der Waals surface area contributed by atoms with Crippen molar-refractivity contribution in [2.75, 3.05) is 13.2 Å². The number of rotatable bonds is 4. The number of halogens is 1. The third-order valence-corrected chi connectivity index (χ3v) is 5.15. The molecule has 0 amide bonds. The number of piperidine rings is 1. The molecule has 17 heavy (non-hydrogen) atoms. The van der Waals surface area contributed by atoms with Crippen LogP contribution < -0.4 is 0 Å². The Morgan fingerprint density at radius 2 is 1.88 bits per heavy atom. The van der Waals surface area contributed by atoms with Crippen molar-refractivity contribution in [3.63, 3.8) is 0 Å². The molecule has 0 spiro atoms. The highest BCUT2D eigenvalue weighted by atomic mass is 35.5. The molecule has 3 atom stereocenters. The van der Waals surface area contributed by atoms with Crippen molar-refractivity contribution < 1.29 is 4.74 Å². The lowest BCUT2D eigenvalue weighted by atomic mass is 10.0. The summed E-state index contributed by atoms with van der Waals surface area (Å²) >= 11 is 6.30. The number of hydrogen-bond donors (Lipinski definition) is 0. The highest BCUT2D eigenvalue weighted by Crippen LogP contribution is 2.37. The molecule has 0 aromatic rings. The standard InChI is InChI=1S/C14H24ClNO/c15-11-9-12-5-6-13(10-11)16(12)7-1-3-14-4-2-8-17-14/h11-14H,1-10H2. The summed E-state index contributed by atoms with van der Waals surface area (Å²) in [4.78, 5) is 2.74. The maximum absolute atomic E-state index is 6.30. The number of alkyl halides is 1. The van der Waals surface area contributed by atoms with Crippen LogP contribution in [0.25, 0.3) is 0 Å². The fourth-order valence-corrected chi connectivity index (χ4v) is 4.36. The lowest BCUT2D eigenvalue weighted by Crippen LogP contribution is -2.43. The quantitative estimate of drug-likeness (QED) is 0.718. The normalized spacial score (nSPS) is 42.2. The summed E-state index contributed by atoms with van der Waals surface area (Å²) in [5, 5.41) is 0.446. The molecule has 0 radical (unpaired) electrons. The first-order valence-corrected chi connectivity index (χ1v) is 7.78. The molecule has 3 rings (SSSR count). The van der Waals surface area contributed by atoms with Gasteiger partial charge in [0.05, 0.1) is 6.10 Å². The zero-order valence-corrected chi connectivity index (χ0v) is 11.4. The van der Waals surface area contributed by atoms with Gasteiger partial charge < -0.3 is 4.74 Å². The van der Waals surface area contributed by atoms with Gasteiger partial charge in [0.25, 0.3) is 0 Å². The van der Waals surface area contributed by atoms with Gasteiger partial charge in [0, 0.05) is 24.1 Å². The van der Waals surface area contributed by atoms with E-state index in [-0.39, 0.29) is 0 Å². The lowest BCUT2D eigenvalue weighted by Gasteiger charge is -2.37. The van der Waals surface area contributed by atoms with E-state index in [1.165, 1.54) is 57.9 Å². The van der Waals surface area contributed by atoms with E-state index in [2.05, 4.69) is 4.90 Å². The smallest absolute Gasteiger partial charge is 0.0576 e. The van der Waals surface area contributed by atoms with Crippen LogP contribution in [0.4, 0.5) is 0 Å². The van der Waals surface area contributed by atoms with Gasteiger partial charge in [0.15, 0.2) is 0 Å². The van der Waals surface area contributed by atoms with Gasteiger partial charge in [0.2, 0.25) is 0 Å². The van der Waals surface area contributed by atoms with Crippen LogP contribution in [-0.4, -0.2) is 41.6 Å². The molecule has 0 aliphatic carbocycles. The second-order valence-electron chi connectivity index (χ2n) is 5.97. The topological polar surface area (TPSA) is 12.5 Å². The number of nitrogens with zero attached hydrogens (tertiary/aromatic N) is 1. The molecule has 0 N–H and O–H groups in total. The van der Waals surface area contributed by atoms with Crippen LogP contribution in [0.15, 0.2) is 0 Å². The molecule has 3 aliphatic rings. The van der Waals surface area contributed by atoms with Gasteiger partial charge in [-0.3, -0.25) is 4.90 Å².